The molecule has 1 atom stereocenters. The van der Waals surface area contributed by atoms with Crippen LogP contribution in [0.3, 0.4) is 0 Å². The molecule has 0 aliphatic heterocycles. The molecule has 84 valence electrons. The number of hydrogen-bond donors (Lipinski definition) is 2. The van der Waals surface area contributed by atoms with Crippen molar-refractivity contribution < 1.29 is 0 Å². The van der Waals surface area contributed by atoms with E-state index in [1.54, 1.807) is 11.3 Å². The smallest absolute Gasteiger partial charge is 0.166 e. The van der Waals surface area contributed by atoms with E-state index in [-0.39, 0.29) is 6.04 Å². The van der Waals surface area contributed by atoms with Gasteiger partial charge in [0.2, 0.25) is 0 Å². The summed E-state index contributed by atoms with van der Waals surface area (Å²) >= 11 is 12.6. The molecule has 0 radical (unpaired) electrons. The third-order valence-corrected chi connectivity index (χ3v) is 3.58. The highest BCUT2D eigenvalue weighted by atomic mass is 35.5. The van der Waals surface area contributed by atoms with Gasteiger partial charge in [-0.25, -0.2) is 0 Å². The summed E-state index contributed by atoms with van der Waals surface area (Å²) in [4.78, 5) is 1.20. The van der Waals surface area contributed by atoms with E-state index in [1.165, 1.54) is 4.88 Å². The predicted molar refractivity (Wildman–Crippen MR) is 71.8 cm³/mol. The lowest BCUT2D eigenvalue weighted by Gasteiger charge is -2.15. The molecule has 0 amide bonds. The van der Waals surface area contributed by atoms with Gasteiger partial charge in [0.15, 0.2) is 5.11 Å². The Hall–Kier alpha value is -0.320. The monoisotopic (exact) mass is 262 g/mol. The van der Waals surface area contributed by atoms with Crippen LogP contribution in [0.2, 0.25) is 4.34 Å². The summed E-state index contributed by atoms with van der Waals surface area (Å²) in [5.41, 5.74) is 0. The zero-order valence-electron chi connectivity index (χ0n) is 8.84. The first-order valence-electron chi connectivity index (χ1n) is 4.93. The number of halogens is 1. The fourth-order valence-electron chi connectivity index (χ4n) is 1.12. The normalized spacial score (nSPS) is 12.2. The number of rotatable bonds is 4. The quantitative estimate of drug-likeness (QED) is 0.814. The Kier molecular flexibility index (Phi) is 5.36. The van der Waals surface area contributed by atoms with Crippen molar-refractivity contribution in [2.75, 3.05) is 6.54 Å². The molecule has 15 heavy (non-hydrogen) atoms. The summed E-state index contributed by atoms with van der Waals surface area (Å²) in [6.07, 6.45) is 1.07. The van der Waals surface area contributed by atoms with Crippen molar-refractivity contribution in [1.29, 1.82) is 0 Å². The molecule has 2 nitrogen and oxygen atoms in total. The van der Waals surface area contributed by atoms with Crippen LogP contribution in [0.1, 0.15) is 31.2 Å². The van der Waals surface area contributed by atoms with Gasteiger partial charge in [-0.1, -0.05) is 18.5 Å². The fourth-order valence-corrected chi connectivity index (χ4v) is 2.46. The van der Waals surface area contributed by atoms with Gasteiger partial charge < -0.3 is 10.6 Å². The van der Waals surface area contributed by atoms with Gasteiger partial charge in [0.1, 0.15) is 0 Å². The first-order valence-corrected chi connectivity index (χ1v) is 6.53. The molecule has 0 saturated heterocycles. The van der Waals surface area contributed by atoms with Crippen LogP contribution >= 0.6 is 35.2 Å². The molecular weight excluding hydrogens is 248 g/mol. The molecule has 0 bridgehead atoms. The molecule has 1 unspecified atom stereocenters. The molecule has 2 N–H and O–H groups in total. The summed E-state index contributed by atoms with van der Waals surface area (Å²) in [5.74, 6) is 0. The zero-order valence-corrected chi connectivity index (χ0v) is 11.2. The van der Waals surface area contributed by atoms with E-state index in [1.807, 2.05) is 12.1 Å². The fraction of sp³-hybridized carbons (Fsp3) is 0.500. The number of thiocarbonyl (C=S) groups is 1. The van der Waals surface area contributed by atoms with E-state index in [2.05, 4.69) is 24.5 Å². The molecule has 1 heterocycles. The second-order valence-electron chi connectivity index (χ2n) is 3.26. The zero-order chi connectivity index (χ0) is 11.3. The minimum atomic E-state index is 0.208. The Morgan fingerprint density at radius 2 is 2.33 bits per heavy atom. The van der Waals surface area contributed by atoms with Gasteiger partial charge in [-0.05, 0) is 37.7 Å². The molecule has 0 aliphatic carbocycles. The first-order chi connectivity index (χ1) is 7.13. The molecule has 0 aromatic carbocycles. The predicted octanol–water partition coefficient (Wildman–Crippen LogP) is 3.34. The summed E-state index contributed by atoms with van der Waals surface area (Å²) < 4.78 is 0.811. The minimum absolute atomic E-state index is 0.208. The third kappa shape index (κ3) is 4.36. The minimum Gasteiger partial charge on any atom is -0.363 e. The lowest BCUT2D eigenvalue weighted by Crippen LogP contribution is -2.36. The second-order valence-corrected chi connectivity index (χ2v) is 5.42. The summed E-state index contributed by atoms with van der Waals surface area (Å²) in [7, 11) is 0. The van der Waals surface area contributed by atoms with E-state index in [9.17, 15) is 0 Å². The van der Waals surface area contributed by atoms with Crippen molar-refractivity contribution in [2.45, 2.75) is 26.3 Å². The van der Waals surface area contributed by atoms with Crippen LogP contribution < -0.4 is 10.6 Å². The molecule has 0 aliphatic rings. The summed E-state index contributed by atoms with van der Waals surface area (Å²) in [6, 6.07) is 4.13. The van der Waals surface area contributed by atoms with Gasteiger partial charge in [-0.2, -0.15) is 0 Å². The van der Waals surface area contributed by atoms with E-state index >= 15 is 0 Å². The molecule has 0 fully saturated rings. The molecule has 5 heteroatoms. The van der Waals surface area contributed by atoms with Crippen molar-refractivity contribution in [1.82, 2.24) is 10.6 Å². The molecule has 1 rings (SSSR count). The van der Waals surface area contributed by atoms with Crippen LogP contribution in [0, 0.1) is 0 Å². The Balaban J connectivity index is 2.41. The van der Waals surface area contributed by atoms with Gasteiger partial charge in [0.05, 0.1) is 10.4 Å². The van der Waals surface area contributed by atoms with Crippen LogP contribution in [0.25, 0.3) is 0 Å². The summed E-state index contributed by atoms with van der Waals surface area (Å²) in [5, 5.41) is 7.05. The Morgan fingerprint density at radius 3 is 2.87 bits per heavy atom. The van der Waals surface area contributed by atoms with Crippen LogP contribution in [0.5, 0.6) is 0 Å². The molecular formula is C10H15ClN2S2. The van der Waals surface area contributed by atoms with Crippen LogP contribution in [0.15, 0.2) is 12.1 Å². The number of nitrogens with one attached hydrogen (secondary N) is 2. The molecule has 1 aromatic rings. The number of hydrogen-bond acceptors (Lipinski definition) is 2. The SMILES string of the molecule is CCCNC(=S)NC(C)c1ccc(Cl)s1. The largest absolute Gasteiger partial charge is 0.363 e. The standard InChI is InChI=1S/C10H15ClN2S2/c1-3-6-12-10(14)13-7(2)8-4-5-9(11)15-8/h4-5,7H,3,6H2,1-2H3,(H2,12,13,14). The third-order valence-electron chi connectivity index (χ3n) is 1.90. The first kappa shape index (κ1) is 12.7. The average Bonchev–Trinajstić information content (AvgIpc) is 2.61. The maximum absolute atomic E-state index is 5.87. The van der Waals surface area contributed by atoms with E-state index < -0.39 is 0 Å². The van der Waals surface area contributed by atoms with Crippen molar-refractivity contribution >= 4 is 40.3 Å². The highest BCUT2D eigenvalue weighted by Crippen LogP contribution is 2.26. The van der Waals surface area contributed by atoms with Gasteiger partial charge >= 0.3 is 0 Å². The van der Waals surface area contributed by atoms with E-state index in [4.69, 9.17) is 23.8 Å². The molecule has 0 saturated carbocycles. The van der Waals surface area contributed by atoms with Crippen molar-refractivity contribution in [3.05, 3.63) is 21.3 Å². The highest BCUT2D eigenvalue weighted by molar-refractivity contribution is 7.80. The highest BCUT2D eigenvalue weighted by Gasteiger charge is 2.08. The lowest BCUT2D eigenvalue weighted by molar-refractivity contribution is 0.705. The van der Waals surface area contributed by atoms with Gasteiger partial charge in [0, 0.05) is 11.4 Å². The lowest BCUT2D eigenvalue weighted by atomic mass is 10.3. The van der Waals surface area contributed by atoms with Crippen molar-refractivity contribution in [2.24, 2.45) is 0 Å². The average molecular weight is 263 g/mol. The summed E-state index contributed by atoms with van der Waals surface area (Å²) in [6.45, 7) is 5.09. The van der Waals surface area contributed by atoms with Crippen molar-refractivity contribution in [3.8, 4) is 0 Å². The molecule has 1 aromatic heterocycles. The van der Waals surface area contributed by atoms with Crippen LogP contribution in [0.4, 0.5) is 0 Å². The Bertz CT molecular complexity index is 325. The van der Waals surface area contributed by atoms with Gasteiger partial charge in [-0.15, -0.1) is 11.3 Å². The van der Waals surface area contributed by atoms with Gasteiger partial charge in [0.25, 0.3) is 0 Å². The van der Waals surface area contributed by atoms with Crippen LogP contribution in [-0.4, -0.2) is 11.7 Å². The van der Waals surface area contributed by atoms with E-state index in [0.29, 0.717) is 5.11 Å². The topological polar surface area (TPSA) is 24.1 Å². The maximum Gasteiger partial charge on any atom is 0.166 e. The van der Waals surface area contributed by atoms with Crippen LogP contribution in [-0.2, 0) is 0 Å². The Morgan fingerprint density at radius 1 is 1.60 bits per heavy atom. The molecule has 0 spiro atoms. The number of thiophene rings is 1. The maximum atomic E-state index is 5.87. The van der Waals surface area contributed by atoms with Gasteiger partial charge in [-0.3, -0.25) is 0 Å². The van der Waals surface area contributed by atoms with Crippen molar-refractivity contribution in [3.63, 3.8) is 0 Å². The van der Waals surface area contributed by atoms with E-state index in [0.717, 1.165) is 17.3 Å². The second kappa shape index (κ2) is 6.30. The Labute approximate surface area is 105 Å².